The number of ketones is 1. The molecule has 2 heterocycles. The van der Waals surface area contributed by atoms with Gasteiger partial charge in [-0.25, -0.2) is 0 Å². The zero-order chi connectivity index (χ0) is 22.8. The maximum absolute atomic E-state index is 13.6. The van der Waals surface area contributed by atoms with Crippen LogP contribution in [0, 0.1) is 0 Å². The number of nitrogens with one attached hydrogen (secondary N) is 2. The van der Waals surface area contributed by atoms with Crippen LogP contribution in [0.3, 0.4) is 0 Å². The molecule has 1 saturated heterocycles. The third-order valence-electron chi connectivity index (χ3n) is 7.05. The number of carbonyl (C=O) groups is 1. The van der Waals surface area contributed by atoms with Crippen LogP contribution >= 0.6 is 12.4 Å². The van der Waals surface area contributed by atoms with Crippen LogP contribution in [0.2, 0.25) is 0 Å². The molecule has 7 nitrogen and oxygen atoms in total. The Labute approximate surface area is 207 Å². The molecule has 0 atom stereocenters. The molecule has 5 rings (SSSR count). The van der Waals surface area contributed by atoms with Gasteiger partial charge in [0.05, 0.1) is 17.6 Å². The molecule has 0 amide bonds. The minimum absolute atomic E-state index is 0. The largest absolute Gasteiger partial charge is 0.383 e. The summed E-state index contributed by atoms with van der Waals surface area (Å²) < 4.78 is 2.09. The number of hydrogen-bond acceptors (Lipinski definition) is 6. The number of aromatic nitrogens is 2. The summed E-state index contributed by atoms with van der Waals surface area (Å²) in [6.07, 6.45) is 0. The van der Waals surface area contributed by atoms with Crippen LogP contribution in [0.4, 0.5) is 5.69 Å². The van der Waals surface area contributed by atoms with E-state index in [-0.39, 0.29) is 18.2 Å². The van der Waals surface area contributed by atoms with Crippen molar-refractivity contribution in [3.63, 3.8) is 0 Å². The molecule has 1 fully saturated rings. The van der Waals surface area contributed by atoms with Crippen LogP contribution < -0.4 is 10.6 Å². The second-order valence-corrected chi connectivity index (χ2v) is 8.87. The first-order valence-corrected chi connectivity index (χ1v) is 12.3. The highest BCUT2D eigenvalue weighted by atomic mass is 35.5. The summed E-state index contributed by atoms with van der Waals surface area (Å²) in [6.45, 7) is 14.2. The second-order valence-electron chi connectivity index (χ2n) is 8.87. The predicted molar refractivity (Wildman–Crippen MR) is 141 cm³/mol. The number of halogens is 1. The van der Waals surface area contributed by atoms with Gasteiger partial charge in [-0.2, -0.15) is 5.10 Å². The van der Waals surface area contributed by atoms with E-state index in [1.807, 2.05) is 24.3 Å². The van der Waals surface area contributed by atoms with Crippen LogP contribution in [0.5, 0.6) is 0 Å². The fraction of sp³-hybridized carbons (Fsp3) is 0.462. The maximum Gasteiger partial charge on any atom is 0.196 e. The van der Waals surface area contributed by atoms with Gasteiger partial charge < -0.3 is 15.5 Å². The third-order valence-corrected chi connectivity index (χ3v) is 7.05. The summed E-state index contributed by atoms with van der Waals surface area (Å²) in [5, 5.41) is 13.0. The molecule has 34 heavy (non-hydrogen) atoms. The highest BCUT2D eigenvalue weighted by Gasteiger charge is 2.31. The third kappa shape index (κ3) is 4.58. The number of benzene rings is 2. The van der Waals surface area contributed by atoms with Gasteiger partial charge >= 0.3 is 0 Å². The van der Waals surface area contributed by atoms with Gasteiger partial charge in [0.2, 0.25) is 0 Å². The van der Waals surface area contributed by atoms with Crippen LogP contribution in [0.1, 0.15) is 29.8 Å². The van der Waals surface area contributed by atoms with E-state index in [9.17, 15) is 4.79 Å². The number of rotatable bonds is 9. The van der Waals surface area contributed by atoms with Crippen molar-refractivity contribution >= 4 is 34.8 Å². The lowest BCUT2D eigenvalue weighted by molar-refractivity contribution is 0.104. The average Bonchev–Trinajstić information content (AvgIpc) is 3.23. The fourth-order valence-electron chi connectivity index (χ4n) is 5.09. The van der Waals surface area contributed by atoms with E-state index in [2.05, 4.69) is 51.1 Å². The molecule has 0 unspecified atom stereocenters. The van der Waals surface area contributed by atoms with Crippen molar-refractivity contribution in [3.05, 3.63) is 47.5 Å². The summed E-state index contributed by atoms with van der Waals surface area (Å²) in [6, 6.07) is 12.1. The second kappa shape index (κ2) is 10.9. The Morgan fingerprint density at radius 1 is 1.03 bits per heavy atom. The van der Waals surface area contributed by atoms with E-state index in [1.54, 1.807) is 0 Å². The molecule has 3 aromatic rings. The lowest BCUT2D eigenvalue weighted by atomic mass is 9.86. The molecule has 8 heteroatoms. The zero-order valence-electron chi connectivity index (χ0n) is 20.1. The van der Waals surface area contributed by atoms with E-state index in [0.29, 0.717) is 0 Å². The number of anilines is 1. The van der Waals surface area contributed by atoms with Crippen molar-refractivity contribution in [2.75, 3.05) is 64.2 Å². The van der Waals surface area contributed by atoms with Gasteiger partial charge in [0.1, 0.15) is 5.69 Å². The van der Waals surface area contributed by atoms with Gasteiger partial charge in [0.15, 0.2) is 5.78 Å². The highest BCUT2D eigenvalue weighted by Crippen LogP contribution is 2.41. The summed E-state index contributed by atoms with van der Waals surface area (Å²) >= 11 is 0. The molecule has 2 N–H and O–H groups in total. The number of fused-ring (bicyclic) bond motifs is 2. The molecular formula is C26H35ClN6O. The molecule has 0 spiro atoms. The van der Waals surface area contributed by atoms with Gasteiger partial charge in [-0.05, 0) is 25.2 Å². The van der Waals surface area contributed by atoms with Crippen molar-refractivity contribution in [3.8, 4) is 11.3 Å². The molecule has 182 valence electrons. The Morgan fingerprint density at radius 2 is 1.76 bits per heavy atom. The van der Waals surface area contributed by atoms with Crippen molar-refractivity contribution in [2.24, 2.45) is 0 Å². The highest BCUT2D eigenvalue weighted by molar-refractivity contribution is 6.27. The van der Waals surface area contributed by atoms with Crippen LogP contribution in [-0.2, 0) is 6.54 Å². The van der Waals surface area contributed by atoms with Gasteiger partial charge in [0, 0.05) is 68.0 Å². The minimum atomic E-state index is 0. The Morgan fingerprint density at radius 3 is 2.50 bits per heavy atom. The van der Waals surface area contributed by atoms with Crippen molar-refractivity contribution < 1.29 is 4.79 Å². The lowest BCUT2D eigenvalue weighted by Gasteiger charge is -2.27. The average molecular weight is 483 g/mol. The molecule has 1 aliphatic carbocycles. The van der Waals surface area contributed by atoms with E-state index < -0.39 is 0 Å². The SMILES string of the molecule is CCN(CC)CCn1nc2c3c(c(NCCN4CCNCC4)ccc31)C(=O)c1ccccc1-2.Cl. The number of piperazine rings is 1. The number of hydrogen-bond donors (Lipinski definition) is 2. The Kier molecular flexibility index (Phi) is 7.88. The Hall–Kier alpha value is -2.45. The van der Waals surface area contributed by atoms with Gasteiger partial charge in [-0.3, -0.25) is 14.4 Å². The summed E-state index contributed by atoms with van der Waals surface area (Å²) in [7, 11) is 0. The monoisotopic (exact) mass is 482 g/mol. The lowest BCUT2D eigenvalue weighted by Crippen LogP contribution is -2.45. The normalized spacial score (nSPS) is 15.4. The van der Waals surface area contributed by atoms with Crippen LogP contribution in [0.25, 0.3) is 22.2 Å². The van der Waals surface area contributed by atoms with Crippen molar-refractivity contribution in [1.82, 2.24) is 24.9 Å². The molecule has 1 aliphatic heterocycles. The first kappa shape index (κ1) is 24.7. The maximum atomic E-state index is 13.6. The van der Waals surface area contributed by atoms with E-state index in [0.717, 1.165) is 104 Å². The quantitative estimate of drug-likeness (QED) is 0.381. The summed E-state index contributed by atoms with van der Waals surface area (Å²) in [4.78, 5) is 18.5. The molecule has 2 aliphatic rings. The molecule has 0 saturated carbocycles. The molecule has 0 radical (unpaired) electrons. The van der Waals surface area contributed by atoms with Crippen molar-refractivity contribution in [1.29, 1.82) is 0 Å². The fourth-order valence-corrected chi connectivity index (χ4v) is 5.09. The number of carbonyl (C=O) groups excluding carboxylic acids is 1. The van der Waals surface area contributed by atoms with Gasteiger partial charge in [-0.1, -0.05) is 38.1 Å². The first-order valence-electron chi connectivity index (χ1n) is 12.3. The predicted octanol–water partition coefficient (Wildman–Crippen LogP) is 3.33. The molecule has 0 bridgehead atoms. The number of nitrogens with zero attached hydrogens (tertiary/aromatic N) is 4. The smallest absolute Gasteiger partial charge is 0.196 e. The molecular weight excluding hydrogens is 448 g/mol. The zero-order valence-corrected chi connectivity index (χ0v) is 21.0. The standard InChI is InChI=1S/C26H34N6O.ClH/c1-3-30(4-2)17-18-32-22-10-9-21(28-13-16-31-14-11-27-12-15-31)23-24(22)25(29-32)19-7-5-6-8-20(19)26(23)33;/h5-10,27-28H,3-4,11-18H2,1-2H3;1H. The van der Waals surface area contributed by atoms with Crippen molar-refractivity contribution in [2.45, 2.75) is 20.4 Å². The first-order chi connectivity index (χ1) is 16.2. The molecule has 2 aromatic carbocycles. The van der Waals surface area contributed by atoms with Gasteiger partial charge in [0.25, 0.3) is 0 Å². The summed E-state index contributed by atoms with van der Waals surface area (Å²) in [5.41, 5.74) is 5.36. The Bertz CT molecular complexity index is 1150. The summed E-state index contributed by atoms with van der Waals surface area (Å²) in [5.74, 6) is 0.0941. The van der Waals surface area contributed by atoms with E-state index in [4.69, 9.17) is 5.10 Å². The van der Waals surface area contributed by atoms with E-state index in [1.165, 1.54) is 0 Å². The van der Waals surface area contributed by atoms with Crippen LogP contribution in [0.15, 0.2) is 36.4 Å². The van der Waals surface area contributed by atoms with E-state index >= 15 is 0 Å². The molecule has 1 aromatic heterocycles. The van der Waals surface area contributed by atoms with Crippen LogP contribution in [-0.4, -0.2) is 84.3 Å². The van der Waals surface area contributed by atoms with Gasteiger partial charge in [-0.15, -0.1) is 12.4 Å². The number of likely N-dealkylation sites (N-methyl/N-ethyl adjacent to an activating group) is 1. The minimum Gasteiger partial charge on any atom is -0.383 e. The Balaban J connectivity index is 0.00000274. The topological polar surface area (TPSA) is 65.4 Å².